The molecule has 3 nitrogen and oxygen atoms in total. The molecule has 0 fully saturated rings. The monoisotopic (exact) mass is 293 g/mol. The van der Waals surface area contributed by atoms with Gasteiger partial charge in [0.15, 0.2) is 5.16 Å². The van der Waals surface area contributed by atoms with Gasteiger partial charge in [-0.05, 0) is 30.2 Å². The van der Waals surface area contributed by atoms with Gasteiger partial charge in [-0.25, -0.2) is 4.98 Å². The molecular formula is C17H15N3S. The van der Waals surface area contributed by atoms with Gasteiger partial charge >= 0.3 is 0 Å². The van der Waals surface area contributed by atoms with Crippen LogP contribution in [0.3, 0.4) is 0 Å². The predicted octanol–water partition coefficient (Wildman–Crippen LogP) is 4.27. The van der Waals surface area contributed by atoms with E-state index in [-0.39, 0.29) is 5.92 Å². The lowest BCUT2D eigenvalue weighted by Crippen LogP contribution is -1.98. The molecule has 0 aliphatic rings. The number of aromatic nitrogens is 2. The second-order valence-corrected chi connectivity index (χ2v) is 5.97. The second-order valence-electron chi connectivity index (χ2n) is 4.97. The lowest BCUT2D eigenvalue weighted by atomic mass is 10.0. The molecule has 0 aliphatic heterocycles. The summed E-state index contributed by atoms with van der Waals surface area (Å²) in [7, 11) is 0. The van der Waals surface area contributed by atoms with E-state index in [9.17, 15) is 5.26 Å². The number of aryl methyl sites for hydroxylation is 1. The van der Waals surface area contributed by atoms with Crippen molar-refractivity contribution in [3.8, 4) is 6.07 Å². The first-order chi connectivity index (χ1) is 10.3. The highest BCUT2D eigenvalue weighted by Gasteiger charge is 2.12. The van der Waals surface area contributed by atoms with E-state index in [2.05, 4.69) is 35.1 Å². The number of nitriles is 1. The number of benzene rings is 2. The van der Waals surface area contributed by atoms with E-state index in [0.29, 0.717) is 5.75 Å². The number of hydrogen-bond donors (Lipinski definition) is 1. The number of fused-ring (bicyclic) bond motifs is 1. The van der Waals surface area contributed by atoms with Crippen LogP contribution < -0.4 is 0 Å². The molecule has 104 valence electrons. The summed E-state index contributed by atoms with van der Waals surface area (Å²) in [4.78, 5) is 7.86. The van der Waals surface area contributed by atoms with E-state index >= 15 is 0 Å². The van der Waals surface area contributed by atoms with Crippen molar-refractivity contribution in [1.29, 1.82) is 5.26 Å². The fourth-order valence-electron chi connectivity index (χ4n) is 2.22. The highest BCUT2D eigenvalue weighted by atomic mass is 32.2. The van der Waals surface area contributed by atoms with Crippen LogP contribution in [0.5, 0.6) is 0 Å². The Morgan fingerprint density at radius 3 is 2.81 bits per heavy atom. The molecule has 0 saturated heterocycles. The van der Waals surface area contributed by atoms with Gasteiger partial charge in [-0.15, -0.1) is 0 Å². The molecule has 1 atom stereocenters. The minimum Gasteiger partial charge on any atom is -0.333 e. The first kappa shape index (κ1) is 13.7. The zero-order chi connectivity index (χ0) is 14.7. The molecule has 2 aromatic carbocycles. The van der Waals surface area contributed by atoms with Gasteiger partial charge in [0, 0.05) is 5.75 Å². The number of imidazole rings is 1. The molecule has 3 rings (SSSR count). The quantitative estimate of drug-likeness (QED) is 0.731. The second kappa shape index (κ2) is 6.02. The number of hydrogen-bond acceptors (Lipinski definition) is 3. The average Bonchev–Trinajstić information content (AvgIpc) is 2.91. The van der Waals surface area contributed by atoms with Crippen molar-refractivity contribution in [3.05, 3.63) is 59.7 Å². The Morgan fingerprint density at radius 2 is 2.05 bits per heavy atom. The summed E-state index contributed by atoms with van der Waals surface area (Å²) < 4.78 is 0. The van der Waals surface area contributed by atoms with Crippen LogP contribution in [0.25, 0.3) is 11.0 Å². The number of rotatable bonds is 4. The van der Waals surface area contributed by atoms with Crippen molar-refractivity contribution in [2.45, 2.75) is 18.0 Å². The lowest BCUT2D eigenvalue weighted by molar-refractivity contribution is 0.984. The van der Waals surface area contributed by atoms with Crippen molar-refractivity contribution in [2.75, 3.05) is 5.75 Å². The van der Waals surface area contributed by atoms with Crippen LogP contribution in [0, 0.1) is 18.3 Å². The minimum absolute atomic E-state index is 0.119. The molecule has 0 spiro atoms. The summed E-state index contributed by atoms with van der Waals surface area (Å²) >= 11 is 1.59. The molecule has 0 aliphatic carbocycles. The van der Waals surface area contributed by atoms with Gasteiger partial charge in [0.1, 0.15) is 0 Å². The first-order valence-electron chi connectivity index (χ1n) is 6.80. The van der Waals surface area contributed by atoms with Crippen LogP contribution in [-0.4, -0.2) is 15.7 Å². The van der Waals surface area contributed by atoms with E-state index in [4.69, 9.17) is 0 Å². The van der Waals surface area contributed by atoms with Gasteiger partial charge < -0.3 is 4.98 Å². The number of nitrogens with one attached hydrogen (secondary N) is 1. The molecule has 0 bridgehead atoms. The van der Waals surface area contributed by atoms with E-state index in [1.807, 2.05) is 36.4 Å². The highest BCUT2D eigenvalue weighted by Crippen LogP contribution is 2.26. The Balaban J connectivity index is 1.75. The molecule has 1 aromatic heterocycles. The molecule has 0 saturated carbocycles. The molecule has 0 amide bonds. The molecule has 1 N–H and O–H groups in total. The van der Waals surface area contributed by atoms with Crippen molar-refractivity contribution in [2.24, 2.45) is 0 Å². The minimum atomic E-state index is -0.119. The third-order valence-electron chi connectivity index (χ3n) is 3.36. The van der Waals surface area contributed by atoms with Crippen LogP contribution in [0.2, 0.25) is 0 Å². The van der Waals surface area contributed by atoms with Gasteiger partial charge in [0.25, 0.3) is 0 Å². The van der Waals surface area contributed by atoms with Crippen molar-refractivity contribution < 1.29 is 0 Å². The van der Waals surface area contributed by atoms with Crippen molar-refractivity contribution in [3.63, 3.8) is 0 Å². The van der Waals surface area contributed by atoms with Crippen LogP contribution in [-0.2, 0) is 0 Å². The van der Waals surface area contributed by atoms with Gasteiger partial charge in [0.05, 0.1) is 23.0 Å². The molecule has 21 heavy (non-hydrogen) atoms. The number of aromatic amines is 1. The largest absolute Gasteiger partial charge is 0.333 e. The van der Waals surface area contributed by atoms with Crippen LogP contribution >= 0.6 is 11.8 Å². The fourth-order valence-corrected chi connectivity index (χ4v) is 3.16. The summed E-state index contributed by atoms with van der Waals surface area (Å²) in [6.07, 6.45) is 0. The Morgan fingerprint density at radius 1 is 1.24 bits per heavy atom. The molecule has 1 heterocycles. The third-order valence-corrected chi connectivity index (χ3v) is 4.33. The number of H-pyrrole nitrogens is 1. The topological polar surface area (TPSA) is 52.5 Å². The van der Waals surface area contributed by atoms with Crippen LogP contribution in [0.15, 0.2) is 53.7 Å². The Bertz CT molecular complexity index is 787. The zero-order valence-corrected chi connectivity index (χ0v) is 12.5. The number of thioether (sulfide) groups is 1. The summed E-state index contributed by atoms with van der Waals surface area (Å²) in [5, 5.41) is 10.2. The van der Waals surface area contributed by atoms with Gasteiger partial charge in [-0.2, -0.15) is 5.26 Å². The first-order valence-corrected chi connectivity index (χ1v) is 7.78. The van der Waals surface area contributed by atoms with Crippen LogP contribution in [0.4, 0.5) is 0 Å². The third kappa shape index (κ3) is 3.09. The molecular weight excluding hydrogens is 278 g/mol. The van der Waals surface area contributed by atoms with Gasteiger partial charge in [-0.1, -0.05) is 48.2 Å². The standard InChI is InChI=1S/C17H15N3S/c1-12-7-8-15-16(9-12)20-17(19-15)21-11-14(10-18)13-5-3-2-4-6-13/h2-9,14H,11H2,1H3,(H,19,20). The summed E-state index contributed by atoms with van der Waals surface area (Å²) in [6, 6.07) is 18.4. The van der Waals surface area contributed by atoms with Gasteiger partial charge in [-0.3, -0.25) is 0 Å². The maximum Gasteiger partial charge on any atom is 0.166 e. The van der Waals surface area contributed by atoms with E-state index in [1.54, 1.807) is 11.8 Å². The lowest BCUT2D eigenvalue weighted by Gasteiger charge is -2.07. The molecule has 4 heteroatoms. The summed E-state index contributed by atoms with van der Waals surface area (Å²) in [5.41, 5.74) is 4.28. The van der Waals surface area contributed by atoms with Crippen LogP contribution in [0.1, 0.15) is 17.0 Å². The normalized spacial score (nSPS) is 12.2. The molecule has 1 unspecified atom stereocenters. The maximum absolute atomic E-state index is 9.34. The van der Waals surface area contributed by atoms with Crippen molar-refractivity contribution >= 4 is 22.8 Å². The Labute approximate surface area is 128 Å². The van der Waals surface area contributed by atoms with E-state index in [0.717, 1.165) is 21.8 Å². The summed E-state index contributed by atoms with van der Waals surface area (Å²) in [6.45, 7) is 2.06. The SMILES string of the molecule is Cc1ccc2nc(SCC(C#N)c3ccccc3)[nH]c2c1. The molecule has 0 radical (unpaired) electrons. The maximum atomic E-state index is 9.34. The summed E-state index contributed by atoms with van der Waals surface area (Å²) in [5.74, 6) is 0.574. The fraction of sp³-hybridized carbons (Fsp3) is 0.176. The zero-order valence-electron chi connectivity index (χ0n) is 11.7. The predicted molar refractivity (Wildman–Crippen MR) is 86.4 cm³/mol. The van der Waals surface area contributed by atoms with Gasteiger partial charge in [0.2, 0.25) is 0 Å². The van der Waals surface area contributed by atoms with E-state index in [1.165, 1.54) is 5.56 Å². The Kier molecular flexibility index (Phi) is 3.94. The molecule has 3 aromatic rings. The average molecular weight is 293 g/mol. The van der Waals surface area contributed by atoms with Crippen molar-refractivity contribution in [1.82, 2.24) is 9.97 Å². The number of nitrogens with zero attached hydrogens (tertiary/aromatic N) is 2. The van der Waals surface area contributed by atoms with E-state index < -0.39 is 0 Å². The Hall–Kier alpha value is -2.25. The highest BCUT2D eigenvalue weighted by molar-refractivity contribution is 7.99. The smallest absolute Gasteiger partial charge is 0.166 e.